The van der Waals surface area contributed by atoms with E-state index in [1.807, 2.05) is 0 Å². The first kappa shape index (κ1) is 27.9. The van der Waals surface area contributed by atoms with Crippen LogP contribution in [0.4, 0.5) is 10.7 Å². The fourth-order valence-corrected chi connectivity index (χ4v) is 5.92. The summed E-state index contributed by atoms with van der Waals surface area (Å²) in [7, 11) is 1.47. The summed E-state index contributed by atoms with van der Waals surface area (Å²) in [5.41, 5.74) is 2.45. The Morgan fingerprint density at radius 1 is 1.36 bits per heavy atom. The maximum atomic E-state index is 12.7. The number of nitrogens with one attached hydrogen (secondary N) is 1. The molecule has 0 saturated heterocycles. The van der Waals surface area contributed by atoms with Gasteiger partial charge in [-0.1, -0.05) is 38.1 Å². The van der Waals surface area contributed by atoms with Crippen LogP contribution in [0, 0.1) is 39.7 Å². The second kappa shape index (κ2) is 11.3. The summed E-state index contributed by atoms with van der Waals surface area (Å²) in [5, 5.41) is 28.1. The van der Waals surface area contributed by atoms with Crippen molar-refractivity contribution < 1.29 is 23.7 Å². The van der Waals surface area contributed by atoms with Crippen molar-refractivity contribution in [2.45, 2.75) is 47.0 Å². The van der Waals surface area contributed by atoms with Crippen molar-refractivity contribution in [1.82, 2.24) is 5.16 Å². The lowest BCUT2D eigenvalue weighted by Crippen LogP contribution is -2.26. The van der Waals surface area contributed by atoms with E-state index in [9.17, 15) is 20.2 Å². The normalized spacial score (nSPS) is 15.0. The number of nitrogens with zero attached hydrogens (tertiary/aromatic N) is 3. The first-order chi connectivity index (χ1) is 18.5. The molecular formula is C28H30N4O6S. The first-order valence-corrected chi connectivity index (χ1v) is 13.3. The number of carbonyl (C=O) groups is 1. The second-order valence-corrected chi connectivity index (χ2v) is 11.5. The molecule has 0 aliphatic heterocycles. The lowest BCUT2D eigenvalue weighted by atomic mass is 9.72. The van der Waals surface area contributed by atoms with Crippen LogP contribution in [0.1, 0.15) is 60.2 Å². The monoisotopic (exact) mass is 550 g/mol. The molecule has 1 N–H and O–H groups in total. The van der Waals surface area contributed by atoms with E-state index in [2.05, 4.69) is 37.3 Å². The SMILES string of the molecule is COc1cc(/C=C/c2onc(C)c2[N+](=O)[O-])ccc1OCC(=O)Nc1sc2c(c1C#N)CC[C@@H](C(C)(C)C)C2. The van der Waals surface area contributed by atoms with Gasteiger partial charge in [-0.25, -0.2) is 0 Å². The summed E-state index contributed by atoms with van der Waals surface area (Å²) >= 11 is 1.48. The second-order valence-electron chi connectivity index (χ2n) is 10.4. The number of benzene rings is 1. The molecule has 3 aromatic rings. The lowest BCUT2D eigenvalue weighted by molar-refractivity contribution is -0.386. The number of aromatic nitrogens is 1. The van der Waals surface area contributed by atoms with E-state index in [-0.39, 0.29) is 35.1 Å². The van der Waals surface area contributed by atoms with Crippen LogP contribution in [-0.2, 0) is 17.6 Å². The van der Waals surface area contributed by atoms with Crippen LogP contribution in [-0.4, -0.2) is 29.7 Å². The predicted molar refractivity (Wildman–Crippen MR) is 148 cm³/mol. The third-order valence-corrected chi connectivity index (χ3v) is 8.04. The average Bonchev–Trinajstić information content (AvgIpc) is 3.44. The maximum absolute atomic E-state index is 12.7. The third-order valence-electron chi connectivity index (χ3n) is 6.87. The molecule has 4 rings (SSSR count). The topological polar surface area (TPSA) is 141 Å². The Balaban J connectivity index is 1.42. The van der Waals surface area contributed by atoms with Crippen LogP contribution >= 0.6 is 11.3 Å². The van der Waals surface area contributed by atoms with E-state index >= 15 is 0 Å². The van der Waals surface area contributed by atoms with Gasteiger partial charge >= 0.3 is 5.69 Å². The zero-order chi connectivity index (χ0) is 28.3. The minimum atomic E-state index is -0.540. The van der Waals surface area contributed by atoms with Crippen LogP contribution in [0.5, 0.6) is 11.5 Å². The number of hydrogen-bond donors (Lipinski definition) is 1. The Morgan fingerprint density at radius 2 is 2.13 bits per heavy atom. The van der Waals surface area contributed by atoms with Crippen LogP contribution in [0.3, 0.4) is 0 Å². The number of methoxy groups -OCH3 is 1. The first-order valence-electron chi connectivity index (χ1n) is 12.5. The Labute approximate surface area is 230 Å². The van der Waals surface area contributed by atoms with Crippen molar-refractivity contribution in [2.75, 3.05) is 19.0 Å². The van der Waals surface area contributed by atoms with E-state index in [0.29, 0.717) is 33.5 Å². The highest BCUT2D eigenvalue weighted by atomic mass is 32.1. The van der Waals surface area contributed by atoms with Crippen LogP contribution in [0.25, 0.3) is 12.2 Å². The largest absolute Gasteiger partial charge is 0.493 e. The molecular weight excluding hydrogens is 520 g/mol. The number of carbonyl (C=O) groups excluding carboxylic acids is 1. The fourth-order valence-electron chi connectivity index (χ4n) is 4.63. The molecule has 0 unspecified atom stereocenters. The maximum Gasteiger partial charge on any atom is 0.338 e. The number of hydrogen-bond acceptors (Lipinski definition) is 9. The van der Waals surface area contributed by atoms with Crippen molar-refractivity contribution in [3.05, 3.63) is 61.3 Å². The number of anilines is 1. The Kier molecular flexibility index (Phi) is 8.06. The predicted octanol–water partition coefficient (Wildman–Crippen LogP) is 6.17. The van der Waals surface area contributed by atoms with Gasteiger partial charge in [0.15, 0.2) is 23.8 Å². The number of amides is 1. The molecule has 1 aliphatic rings. The molecule has 11 heteroatoms. The van der Waals surface area contributed by atoms with Gasteiger partial charge in [0.05, 0.1) is 17.6 Å². The van der Waals surface area contributed by atoms with Crippen molar-refractivity contribution in [1.29, 1.82) is 5.26 Å². The van der Waals surface area contributed by atoms with Gasteiger partial charge < -0.3 is 19.3 Å². The van der Waals surface area contributed by atoms with Gasteiger partial charge in [-0.05, 0) is 66.9 Å². The van der Waals surface area contributed by atoms with Crippen molar-refractivity contribution >= 4 is 40.1 Å². The molecule has 0 bridgehead atoms. The van der Waals surface area contributed by atoms with Gasteiger partial charge in [0, 0.05) is 4.88 Å². The van der Waals surface area contributed by atoms with Gasteiger partial charge in [0.1, 0.15) is 11.1 Å². The molecule has 204 valence electrons. The summed E-state index contributed by atoms with van der Waals surface area (Å²) in [6.45, 7) is 7.94. The van der Waals surface area contributed by atoms with E-state index in [0.717, 1.165) is 24.8 Å². The Bertz CT molecular complexity index is 1470. The van der Waals surface area contributed by atoms with Crippen molar-refractivity contribution in [3.63, 3.8) is 0 Å². The molecule has 2 aromatic heterocycles. The summed E-state index contributed by atoms with van der Waals surface area (Å²) in [5.74, 6) is 0.921. The molecule has 10 nitrogen and oxygen atoms in total. The van der Waals surface area contributed by atoms with E-state index in [1.165, 1.54) is 36.3 Å². The summed E-state index contributed by atoms with van der Waals surface area (Å²) in [6.07, 6.45) is 5.85. The van der Waals surface area contributed by atoms with Gasteiger partial charge in [0.2, 0.25) is 5.76 Å². The molecule has 0 radical (unpaired) electrons. The van der Waals surface area contributed by atoms with E-state index in [1.54, 1.807) is 24.3 Å². The van der Waals surface area contributed by atoms with Crippen LogP contribution < -0.4 is 14.8 Å². The molecule has 0 saturated carbocycles. The third kappa shape index (κ3) is 6.12. The molecule has 0 fully saturated rings. The molecule has 1 aromatic carbocycles. The highest BCUT2D eigenvalue weighted by Gasteiger charge is 2.32. The minimum Gasteiger partial charge on any atom is -0.493 e. The summed E-state index contributed by atoms with van der Waals surface area (Å²) in [4.78, 5) is 24.6. The summed E-state index contributed by atoms with van der Waals surface area (Å²) in [6, 6.07) is 7.31. The van der Waals surface area contributed by atoms with Crippen LogP contribution in [0.2, 0.25) is 0 Å². The number of nitro groups is 1. The quantitative estimate of drug-likeness (QED) is 0.259. The number of fused-ring (bicyclic) bond motifs is 1. The van der Waals surface area contributed by atoms with Crippen molar-refractivity contribution in [2.24, 2.45) is 11.3 Å². The number of rotatable bonds is 8. The minimum absolute atomic E-state index is 0.0365. The molecule has 2 heterocycles. The molecule has 0 spiro atoms. The molecule has 1 aliphatic carbocycles. The van der Waals surface area contributed by atoms with Gasteiger partial charge in [0.25, 0.3) is 5.91 Å². The fraction of sp³-hybridized carbons (Fsp3) is 0.393. The molecule has 1 atom stereocenters. The van der Waals surface area contributed by atoms with Crippen LogP contribution in [0.15, 0.2) is 22.7 Å². The number of aryl methyl sites for hydroxylation is 1. The molecule has 1 amide bonds. The van der Waals surface area contributed by atoms with Gasteiger partial charge in [-0.2, -0.15) is 5.26 Å². The number of thiophene rings is 1. The van der Waals surface area contributed by atoms with Gasteiger partial charge in [-0.15, -0.1) is 11.3 Å². The Hall–Kier alpha value is -4.17. The summed E-state index contributed by atoms with van der Waals surface area (Å²) < 4.78 is 16.2. The highest BCUT2D eigenvalue weighted by Crippen LogP contribution is 2.44. The Morgan fingerprint density at radius 3 is 2.79 bits per heavy atom. The average molecular weight is 551 g/mol. The van der Waals surface area contributed by atoms with Crippen molar-refractivity contribution in [3.8, 4) is 17.6 Å². The molecule has 39 heavy (non-hydrogen) atoms. The van der Waals surface area contributed by atoms with E-state index in [4.69, 9.17) is 14.0 Å². The highest BCUT2D eigenvalue weighted by molar-refractivity contribution is 7.16. The zero-order valence-electron chi connectivity index (χ0n) is 22.5. The standard InChI is InChI=1S/C28H30N4O6S/c1-16-26(32(34)35)22(38-31-16)11-7-17-6-10-21(23(12-17)36-5)37-15-25(33)30-27-20(14-29)19-9-8-18(28(2,3)4)13-24(19)39-27/h6-7,10-12,18H,8-9,13,15H2,1-5H3,(H,30,33)/b11-7+/t18-/m1/s1. The van der Waals surface area contributed by atoms with E-state index < -0.39 is 4.92 Å². The van der Waals surface area contributed by atoms with Gasteiger partial charge in [-0.3, -0.25) is 14.9 Å². The lowest BCUT2D eigenvalue weighted by Gasteiger charge is -2.33. The smallest absolute Gasteiger partial charge is 0.338 e. The number of ether oxygens (including phenoxy) is 2. The number of nitriles is 1. The zero-order valence-corrected chi connectivity index (χ0v) is 23.3.